The molecular weight excluding hydrogens is 268 g/mol. The van der Waals surface area contributed by atoms with E-state index in [1.54, 1.807) is 18.2 Å². The van der Waals surface area contributed by atoms with Gasteiger partial charge in [-0.1, -0.05) is 18.2 Å². The van der Waals surface area contributed by atoms with Crippen molar-refractivity contribution in [3.05, 3.63) is 54.6 Å². The van der Waals surface area contributed by atoms with Crippen molar-refractivity contribution < 1.29 is 13.2 Å². The second kappa shape index (κ2) is 5.55. The number of nitrogens with zero attached hydrogens (tertiary/aromatic N) is 2. The summed E-state index contributed by atoms with van der Waals surface area (Å²) in [6, 6.07) is 7.70. The summed E-state index contributed by atoms with van der Waals surface area (Å²) in [5, 5.41) is 0. The summed E-state index contributed by atoms with van der Waals surface area (Å²) >= 11 is 0. The molecule has 1 heterocycles. The second-order valence-corrected chi connectivity index (χ2v) is 5.18. The molecule has 0 radical (unpaired) electrons. The largest absolute Gasteiger partial charge is 0.273 e. The summed E-state index contributed by atoms with van der Waals surface area (Å²) < 4.78 is 23.6. The summed E-state index contributed by atoms with van der Waals surface area (Å²) in [5.41, 5.74) is 2.23. The van der Waals surface area contributed by atoms with E-state index in [-0.39, 0.29) is 10.5 Å². The molecule has 1 amide bonds. The Morgan fingerprint density at radius 2 is 1.68 bits per heavy atom. The van der Waals surface area contributed by atoms with Crippen LogP contribution in [0.1, 0.15) is 10.4 Å². The molecule has 0 unspecified atom stereocenters. The molecule has 2 N–H and O–H groups in total. The molecule has 7 nitrogen and oxygen atoms in total. The van der Waals surface area contributed by atoms with Crippen molar-refractivity contribution >= 4 is 15.9 Å². The van der Waals surface area contributed by atoms with Gasteiger partial charge in [0, 0.05) is 12.4 Å². The number of hydrogen-bond donors (Lipinski definition) is 2. The first-order valence-electron chi connectivity index (χ1n) is 5.22. The maximum atomic E-state index is 11.8. The fourth-order valence-corrected chi connectivity index (χ4v) is 2.12. The van der Waals surface area contributed by atoms with Crippen LogP contribution >= 0.6 is 0 Å². The van der Waals surface area contributed by atoms with Gasteiger partial charge in [-0.05, 0) is 12.1 Å². The maximum absolute atomic E-state index is 11.8. The van der Waals surface area contributed by atoms with Gasteiger partial charge >= 0.3 is 0 Å². The summed E-state index contributed by atoms with van der Waals surface area (Å²) in [7, 11) is -3.79. The van der Waals surface area contributed by atoms with Crippen LogP contribution in [0.4, 0.5) is 0 Å². The summed E-state index contributed by atoms with van der Waals surface area (Å²) in [6.45, 7) is 0. The Morgan fingerprint density at radius 3 is 2.32 bits per heavy atom. The molecule has 0 saturated heterocycles. The Hall–Kier alpha value is -2.32. The fraction of sp³-hybridized carbons (Fsp3) is 0. The van der Waals surface area contributed by atoms with Crippen LogP contribution in [0.5, 0.6) is 0 Å². The predicted molar refractivity (Wildman–Crippen MR) is 66.3 cm³/mol. The first kappa shape index (κ1) is 13.1. The first-order valence-corrected chi connectivity index (χ1v) is 6.70. The van der Waals surface area contributed by atoms with Gasteiger partial charge in [-0.2, -0.15) is 0 Å². The monoisotopic (exact) mass is 278 g/mol. The number of carbonyl (C=O) groups is 1. The van der Waals surface area contributed by atoms with Crippen molar-refractivity contribution in [1.82, 2.24) is 20.2 Å². The molecule has 19 heavy (non-hydrogen) atoms. The molecule has 2 aromatic rings. The van der Waals surface area contributed by atoms with Crippen LogP contribution in [0, 0.1) is 0 Å². The highest BCUT2D eigenvalue weighted by molar-refractivity contribution is 7.89. The van der Waals surface area contributed by atoms with Crippen molar-refractivity contribution in [3.8, 4) is 0 Å². The quantitative estimate of drug-likeness (QED) is 0.772. The molecule has 0 aliphatic heterocycles. The third-order valence-corrected chi connectivity index (χ3v) is 3.44. The lowest BCUT2D eigenvalue weighted by Gasteiger charge is -2.07. The van der Waals surface area contributed by atoms with E-state index >= 15 is 0 Å². The lowest BCUT2D eigenvalue weighted by Crippen LogP contribution is -2.41. The van der Waals surface area contributed by atoms with E-state index in [2.05, 4.69) is 15.4 Å². The van der Waals surface area contributed by atoms with Gasteiger partial charge in [0.15, 0.2) is 0 Å². The van der Waals surface area contributed by atoms with Gasteiger partial charge in [-0.25, -0.2) is 18.4 Å². The Morgan fingerprint density at radius 1 is 1.05 bits per heavy atom. The molecule has 0 atom stereocenters. The van der Waals surface area contributed by atoms with Crippen molar-refractivity contribution in [1.29, 1.82) is 0 Å². The first-order chi connectivity index (χ1) is 9.09. The second-order valence-electron chi connectivity index (χ2n) is 3.50. The molecule has 8 heteroatoms. The molecule has 1 aromatic carbocycles. The Labute approximate surface area is 109 Å². The molecule has 0 saturated carbocycles. The minimum Gasteiger partial charge on any atom is -0.273 e. The average molecular weight is 278 g/mol. The lowest BCUT2D eigenvalue weighted by atomic mass is 10.3. The Bertz CT molecular complexity index is 659. The van der Waals surface area contributed by atoms with Crippen molar-refractivity contribution in [2.24, 2.45) is 0 Å². The van der Waals surface area contributed by atoms with E-state index in [0.717, 1.165) is 0 Å². The predicted octanol–water partition coefficient (Wildman–Crippen LogP) is 0.0999. The minimum absolute atomic E-state index is 0.0552. The average Bonchev–Trinajstić information content (AvgIpc) is 2.47. The summed E-state index contributed by atoms with van der Waals surface area (Å²) in [6.07, 6.45) is 3.82. The SMILES string of the molecule is O=C(NNS(=O)(=O)c1ccccc1)c1cncnc1. The van der Waals surface area contributed by atoms with Gasteiger partial charge in [-0.3, -0.25) is 10.2 Å². The van der Waals surface area contributed by atoms with Crippen LogP contribution < -0.4 is 10.3 Å². The van der Waals surface area contributed by atoms with Crippen molar-refractivity contribution in [2.75, 3.05) is 0 Å². The molecule has 1 aromatic heterocycles. The number of hydrazine groups is 1. The standard InChI is InChI=1S/C11H10N4O3S/c16-11(9-6-12-8-13-7-9)14-15-19(17,18)10-4-2-1-3-5-10/h1-8,15H,(H,14,16). The molecule has 0 bridgehead atoms. The zero-order valence-corrected chi connectivity index (χ0v) is 10.5. The van der Waals surface area contributed by atoms with Crippen LogP contribution in [-0.2, 0) is 10.0 Å². The lowest BCUT2D eigenvalue weighted by molar-refractivity contribution is 0.0944. The highest BCUT2D eigenvalue weighted by Crippen LogP contribution is 2.05. The smallest absolute Gasteiger partial charge is 0.269 e. The molecule has 0 spiro atoms. The zero-order valence-electron chi connectivity index (χ0n) is 9.65. The van der Waals surface area contributed by atoms with E-state index in [1.807, 2.05) is 4.83 Å². The van der Waals surface area contributed by atoms with Crippen molar-refractivity contribution in [3.63, 3.8) is 0 Å². The third-order valence-electron chi connectivity index (χ3n) is 2.18. The van der Waals surface area contributed by atoms with Gasteiger partial charge in [0.25, 0.3) is 15.9 Å². The van der Waals surface area contributed by atoms with E-state index < -0.39 is 15.9 Å². The van der Waals surface area contributed by atoms with Crippen LogP contribution in [0.15, 0.2) is 53.9 Å². The topological polar surface area (TPSA) is 101 Å². The number of hydrogen-bond acceptors (Lipinski definition) is 5. The Balaban J connectivity index is 2.05. The number of benzene rings is 1. The van der Waals surface area contributed by atoms with E-state index in [0.29, 0.717) is 0 Å². The molecular formula is C11H10N4O3S. The van der Waals surface area contributed by atoms with Crippen LogP contribution in [0.3, 0.4) is 0 Å². The van der Waals surface area contributed by atoms with Crippen LogP contribution in [0.2, 0.25) is 0 Å². The van der Waals surface area contributed by atoms with Crippen LogP contribution in [0.25, 0.3) is 0 Å². The van der Waals surface area contributed by atoms with Crippen molar-refractivity contribution in [2.45, 2.75) is 4.90 Å². The summed E-state index contributed by atoms with van der Waals surface area (Å²) in [4.78, 5) is 21.0. The van der Waals surface area contributed by atoms with Gasteiger partial charge < -0.3 is 0 Å². The number of rotatable bonds is 4. The molecule has 2 rings (SSSR count). The van der Waals surface area contributed by atoms with E-state index in [1.165, 1.54) is 30.9 Å². The third kappa shape index (κ3) is 3.33. The number of carbonyl (C=O) groups excluding carboxylic acids is 1. The minimum atomic E-state index is -3.79. The number of sulfonamides is 1. The zero-order chi connectivity index (χ0) is 13.7. The number of nitrogens with one attached hydrogen (secondary N) is 2. The summed E-state index contributed by atoms with van der Waals surface area (Å²) in [5.74, 6) is -0.639. The maximum Gasteiger partial charge on any atom is 0.269 e. The van der Waals surface area contributed by atoms with Gasteiger partial charge in [0.05, 0.1) is 10.5 Å². The number of aromatic nitrogens is 2. The molecule has 0 aliphatic carbocycles. The number of amides is 1. The highest BCUT2D eigenvalue weighted by atomic mass is 32.2. The fourth-order valence-electron chi connectivity index (χ4n) is 1.26. The van der Waals surface area contributed by atoms with Gasteiger partial charge in [0.1, 0.15) is 6.33 Å². The molecule has 0 aliphatic rings. The van der Waals surface area contributed by atoms with E-state index in [4.69, 9.17) is 0 Å². The van der Waals surface area contributed by atoms with E-state index in [9.17, 15) is 13.2 Å². The highest BCUT2D eigenvalue weighted by Gasteiger charge is 2.15. The Kier molecular flexibility index (Phi) is 3.83. The molecule has 98 valence electrons. The van der Waals surface area contributed by atoms with Gasteiger partial charge in [-0.15, -0.1) is 4.83 Å². The van der Waals surface area contributed by atoms with Crippen LogP contribution in [-0.4, -0.2) is 24.3 Å². The molecule has 0 fully saturated rings. The van der Waals surface area contributed by atoms with Gasteiger partial charge in [0.2, 0.25) is 0 Å². The normalized spacial score (nSPS) is 10.9.